The van der Waals surface area contributed by atoms with Crippen LogP contribution in [0.25, 0.3) is 0 Å². The molecule has 0 spiro atoms. The fraction of sp³-hybridized carbons (Fsp3) is 0.385. The number of ether oxygens (including phenoxy) is 1. The summed E-state index contributed by atoms with van der Waals surface area (Å²) in [6.07, 6.45) is 2.59. The molecule has 0 aliphatic rings. The molecule has 0 atom stereocenters. The van der Waals surface area contributed by atoms with Crippen LogP contribution in [-0.4, -0.2) is 23.8 Å². The predicted molar refractivity (Wildman–Crippen MR) is 66.9 cm³/mol. The molecule has 0 aliphatic carbocycles. The first-order chi connectivity index (χ1) is 8.88. The van der Waals surface area contributed by atoms with Gasteiger partial charge in [0.25, 0.3) is 0 Å². The van der Waals surface area contributed by atoms with E-state index in [1.54, 1.807) is 6.20 Å². The Hall–Kier alpha value is -1.72. The van der Waals surface area contributed by atoms with Gasteiger partial charge in [-0.15, -0.1) is 0 Å². The van der Waals surface area contributed by atoms with Crippen LogP contribution in [0.1, 0.15) is 17.1 Å². The molecule has 0 bridgehead atoms. The maximum absolute atomic E-state index is 5.52. The van der Waals surface area contributed by atoms with E-state index in [9.17, 15) is 0 Å². The van der Waals surface area contributed by atoms with E-state index < -0.39 is 0 Å². The largest absolute Gasteiger partial charge is 0.373 e. The summed E-state index contributed by atoms with van der Waals surface area (Å²) in [5.74, 6) is 0.751. The first-order valence-corrected chi connectivity index (χ1v) is 5.95. The number of nitrogens with zero attached hydrogens (tertiary/aromatic N) is 2. The van der Waals surface area contributed by atoms with Gasteiger partial charge in [0.05, 0.1) is 12.3 Å². The Morgan fingerprint density at radius 2 is 2.28 bits per heavy atom. The molecule has 2 heterocycles. The van der Waals surface area contributed by atoms with Gasteiger partial charge in [-0.3, -0.25) is 4.98 Å². The van der Waals surface area contributed by atoms with Crippen molar-refractivity contribution in [2.45, 2.75) is 19.6 Å². The molecule has 96 valence electrons. The van der Waals surface area contributed by atoms with Crippen molar-refractivity contribution >= 4 is 0 Å². The highest BCUT2D eigenvalue weighted by atomic mass is 16.5. The molecular weight excluding hydrogens is 230 g/mol. The highest BCUT2D eigenvalue weighted by Gasteiger charge is 2.03. The molecule has 0 unspecified atom stereocenters. The Morgan fingerprint density at radius 1 is 1.33 bits per heavy atom. The summed E-state index contributed by atoms with van der Waals surface area (Å²) in [7, 11) is 1.87. The molecule has 0 radical (unpaired) electrons. The molecular formula is C13H17N3O2. The molecule has 2 aromatic heterocycles. The van der Waals surface area contributed by atoms with Crippen molar-refractivity contribution in [1.82, 2.24) is 15.5 Å². The first-order valence-electron chi connectivity index (χ1n) is 5.95. The number of rotatable bonds is 7. The average molecular weight is 247 g/mol. The number of pyridine rings is 1. The maximum atomic E-state index is 5.52. The Balaban J connectivity index is 1.68. The number of hydrogen-bond acceptors (Lipinski definition) is 5. The normalized spacial score (nSPS) is 10.7. The van der Waals surface area contributed by atoms with Crippen LogP contribution >= 0.6 is 0 Å². The van der Waals surface area contributed by atoms with Crippen LogP contribution in [0, 0.1) is 0 Å². The minimum Gasteiger partial charge on any atom is -0.373 e. The van der Waals surface area contributed by atoms with Gasteiger partial charge in [-0.05, 0) is 19.2 Å². The van der Waals surface area contributed by atoms with E-state index in [4.69, 9.17) is 9.26 Å². The minimum absolute atomic E-state index is 0.448. The van der Waals surface area contributed by atoms with Gasteiger partial charge in [0, 0.05) is 30.9 Å². The standard InChI is InChI=1S/C13H17N3O2/c1-14-9-12-8-13(18-16-12)10-17-7-5-11-4-2-3-6-15-11/h2-4,6,8,14H,5,7,9-10H2,1H3. The molecule has 2 rings (SSSR count). The summed E-state index contributed by atoms with van der Waals surface area (Å²) in [5, 5.41) is 6.93. The molecule has 0 amide bonds. The Labute approximate surface area is 106 Å². The van der Waals surface area contributed by atoms with Crippen molar-refractivity contribution in [3.8, 4) is 0 Å². The Kier molecular flexibility index (Phi) is 4.87. The van der Waals surface area contributed by atoms with Crippen molar-refractivity contribution in [3.63, 3.8) is 0 Å². The van der Waals surface area contributed by atoms with Crippen LogP contribution in [0.2, 0.25) is 0 Å². The highest BCUT2D eigenvalue weighted by molar-refractivity contribution is 5.04. The molecule has 5 heteroatoms. The third-order valence-electron chi connectivity index (χ3n) is 2.44. The van der Waals surface area contributed by atoms with Gasteiger partial charge in [-0.25, -0.2) is 0 Å². The predicted octanol–water partition coefficient (Wildman–Crippen LogP) is 1.55. The summed E-state index contributed by atoms with van der Waals surface area (Å²) >= 11 is 0. The van der Waals surface area contributed by atoms with E-state index >= 15 is 0 Å². The van der Waals surface area contributed by atoms with E-state index in [2.05, 4.69) is 15.5 Å². The Morgan fingerprint density at radius 3 is 3.06 bits per heavy atom. The highest BCUT2D eigenvalue weighted by Crippen LogP contribution is 2.05. The monoisotopic (exact) mass is 247 g/mol. The number of aromatic nitrogens is 2. The summed E-state index contributed by atoms with van der Waals surface area (Å²) < 4.78 is 10.7. The van der Waals surface area contributed by atoms with Gasteiger partial charge in [-0.1, -0.05) is 11.2 Å². The third kappa shape index (κ3) is 3.94. The molecule has 0 aliphatic heterocycles. The topological polar surface area (TPSA) is 60.2 Å². The van der Waals surface area contributed by atoms with Crippen molar-refractivity contribution in [3.05, 3.63) is 47.6 Å². The summed E-state index contributed by atoms with van der Waals surface area (Å²) in [5.41, 5.74) is 1.92. The van der Waals surface area contributed by atoms with Gasteiger partial charge in [0.15, 0.2) is 5.76 Å². The molecule has 1 N–H and O–H groups in total. The quantitative estimate of drug-likeness (QED) is 0.752. The summed E-state index contributed by atoms with van der Waals surface area (Å²) in [4.78, 5) is 4.23. The van der Waals surface area contributed by atoms with Crippen molar-refractivity contribution < 1.29 is 9.26 Å². The average Bonchev–Trinajstić information content (AvgIpc) is 2.84. The molecule has 5 nitrogen and oxygen atoms in total. The second kappa shape index (κ2) is 6.88. The molecule has 18 heavy (non-hydrogen) atoms. The van der Waals surface area contributed by atoms with Crippen LogP contribution in [-0.2, 0) is 24.3 Å². The van der Waals surface area contributed by atoms with Crippen molar-refractivity contribution in [2.24, 2.45) is 0 Å². The smallest absolute Gasteiger partial charge is 0.162 e. The molecule has 0 fully saturated rings. The van der Waals surface area contributed by atoms with E-state index in [1.165, 1.54) is 0 Å². The van der Waals surface area contributed by atoms with Gasteiger partial charge < -0.3 is 14.6 Å². The SMILES string of the molecule is CNCc1cc(COCCc2ccccn2)on1. The lowest BCUT2D eigenvalue weighted by molar-refractivity contribution is 0.103. The van der Waals surface area contributed by atoms with Crippen molar-refractivity contribution in [2.75, 3.05) is 13.7 Å². The number of hydrogen-bond donors (Lipinski definition) is 1. The second-order valence-corrected chi connectivity index (χ2v) is 3.94. The van der Waals surface area contributed by atoms with Gasteiger partial charge in [0.2, 0.25) is 0 Å². The fourth-order valence-corrected chi connectivity index (χ4v) is 1.58. The van der Waals surface area contributed by atoms with E-state index in [0.717, 1.165) is 23.6 Å². The fourth-order valence-electron chi connectivity index (χ4n) is 1.58. The Bertz CT molecular complexity index is 456. The second-order valence-electron chi connectivity index (χ2n) is 3.94. The van der Waals surface area contributed by atoms with E-state index in [-0.39, 0.29) is 0 Å². The third-order valence-corrected chi connectivity index (χ3v) is 2.44. The van der Waals surface area contributed by atoms with E-state index in [0.29, 0.717) is 19.8 Å². The summed E-state index contributed by atoms with van der Waals surface area (Å²) in [6, 6.07) is 7.77. The van der Waals surface area contributed by atoms with Crippen LogP contribution in [0.3, 0.4) is 0 Å². The zero-order valence-electron chi connectivity index (χ0n) is 10.4. The van der Waals surface area contributed by atoms with Crippen LogP contribution < -0.4 is 5.32 Å². The molecule has 0 saturated heterocycles. The molecule has 0 aromatic carbocycles. The zero-order chi connectivity index (χ0) is 12.6. The van der Waals surface area contributed by atoms with Gasteiger partial charge in [-0.2, -0.15) is 0 Å². The lowest BCUT2D eigenvalue weighted by Crippen LogP contribution is -2.04. The van der Waals surface area contributed by atoms with Gasteiger partial charge >= 0.3 is 0 Å². The summed E-state index contributed by atoms with van der Waals surface area (Å²) in [6.45, 7) is 1.78. The van der Waals surface area contributed by atoms with E-state index in [1.807, 2.05) is 31.3 Å². The molecule has 0 saturated carbocycles. The van der Waals surface area contributed by atoms with Crippen LogP contribution in [0.4, 0.5) is 0 Å². The van der Waals surface area contributed by atoms with Gasteiger partial charge in [0.1, 0.15) is 6.61 Å². The first kappa shape index (κ1) is 12.7. The minimum atomic E-state index is 0.448. The maximum Gasteiger partial charge on any atom is 0.162 e. The van der Waals surface area contributed by atoms with Crippen molar-refractivity contribution in [1.29, 1.82) is 0 Å². The van der Waals surface area contributed by atoms with Crippen LogP contribution in [0.5, 0.6) is 0 Å². The lowest BCUT2D eigenvalue weighted by atomic mass is 10.3. The zero-order valence-corrected chi connectivity index (χ0v) is 10.4. The lowest BCUT2D eigenvalue weighted by Gasteiger charge is -2.01. The number of nitrogens with one attached hydrogen (secondary N) is 1. The van der Waals surface area contributed by atoms with Crippen LogP contribution in [0.15, 0.2) is 35.0 Å². The molecule has 2 aromatic rings.